The standard InChI is InChI=1S/C15H16O4S/c1-2-19-15(18)14(17)13(16)12-9-8-11(20-12)10-6-4-3-5-7-10/h3-9,13-14,16-17H,2H2,1H3/t13-,14+/m0/s1. The van der Waals surface area contributed by atoms with Crippen molar-refractivity contribution in [3.05, 3.63) is 47.3 Å². The molecule has 106 valence electrons. The molecule has 0 amide bonds. The molecule has 0 fully saturated rings. The predicted molar refractivity (Wildman–Crippen MR) is 77.4 cm³/mol. The highest BCUT2D eigenvalue weighted by molar-refractivity contribution is 7.15. The molecule has 0 bridgehead atoms. The van der Waals surface area contributed by atoms with Gasteiger partial charge in [-0.1, -0.05) is 30.3 Å². The number of hydrogen-bond acceptors (Lipinski definition) is 5. The highest BCUT2D eigenvalue weighted by atomic mass is 32.1. The Kier molecular flexibility index (Phi) is 4.89. The molecule has 1 heterocycles. The van der Waals surface area contributed by atoms with E-state index in [-0.39, 0.29) is 6.61 Å². The van der Waals surface area contributed by atoms with Crippen LogP contribution in [0.4, 0.5) is 0 Å². The van der Waals surface area contributed by atoms with Gasteiger partial charge in [-0.25, -0.2) is 4.79 Å². The van der Waals surface area contributed by atoms with Crippen molar-refractivity contribution in [1.29, 1.82) is 0 Å². The van der Waals surface area contributed by atoms with Crippen molar-refractivity contribution in [2.75, 3.05) is 6.61 Å². The van der Waals surface area contributed by atoms with Crippen molar-refractivity contribution in [1.82, 2.24) is 0 Å². The molecule has 0 radical (unpaired) electrons. The number of carbonyl (C=O) groups is 1. The van der Waals surface area contributed by atoms with Crippen LogP contribution in [0.2, 0.25) is 0 Å². The summed E-state index contributed by atoms with van der Waals surface area (Å²) < 4.78 is 4.69. The lowest BCUT2D eigenvalue weighted by Crippen LogP contribution is -2.29. The molecule has 0 unspecified atom stereocenters. The number of ether oxygens (including phenoxy) is 1. The summed E-state index contributed by atoms with van der Waals surface area (Å²) in [7, 11) is 0. The Bertz CT molecular complexity index is 564. The molecule has 5 heteroatoms. The predicted octanol–water partition coefficient (Wildman–Crippen LogP) is 2.37. The number of benzene rings is 1. The van der Waals surface area contributed by atoms with Crippen molar-refractivity contribution in [2.24, 2.45) is 0 Å². The number of rotatable bonds is 5. The lowest BCUT2D eigenvalue weighted by atomic mass is 10.1. The van der Waals surface area contributed by atoms with Crippen molar-refractivity contribution < 1.29 is 19.7 Å². The van der Waals surface area contributed by atoms with Crippen LogP contribution in [0.25, 0.3) is 10.4 Å². The molecule has 2 aromatic rings. The minimum atomic E-state index is -1.56. The summed E-state index contributed by atoms with van der Waals surface area (Å²) in [4.78, 5) is 12.9. The van der Waals surface area contributed by atoms with E-state index in [1.165, 1.54) is 11.3 Å². The van der Waals surface area contributed by atoms with Crippen molar-refractivity contribution >= 4 is 17.3 Å². The molecule has 2 rings (SSSR count). The highest BCUT2D eigenvalue weighted by Gasteiger charge is 2.28. The minimum Gasteiger partial charge on any atom is -0.464 e. The quantitative estimate of drug-likeness (QED) is 0.830. The van der Waals surface area contributed by atoms with Gasteiger partial charge in [0.2, 0.25) is 0 Å². The third-order valence-electron chi connectivity index (χ3n) is 2.80. The van der Waals surface area contributed by atoms with Crippen LogP contribution < -0.4 is 0 Å². The molecular weight excluding hydrogens is 276 g/mol. The van der Waals surface area contributed by atoms with Crippen LogP contribution in [0.1, 0.15) is 17.9 Å². The Morgan fingerprint density at radius 1 is 1.20 bits per heavy atom. The van der Waals surface area contributed by atoms with E-state index in [2.05, 4.69) is 0 Å². The normalized spacial score (nSPS) is 13.8. The third kappa shape index (κ3) is 3.25. The maximum Gasteiger partial charge on any atom is 0.338 e. The summed E-state index contributed by atoms with van der Waals surface area (Å²) in [5, 5.41) is 19.7. The van der Waals surface area contributed by atoms with Gasteiger partial charge >= 0.3 is 5.97 Å². The van der Waals surface area contributed by atoms with E-state index < -0.39 is 18.2 Å². The van der Waals surface area contributed by atoms with Gasteiger partial charge in [0.1, 0.15) is 6.10 Å². The maximum absolute atomic E-state index is 11.4. The van der Waals surface area contributed by atoms with Gasteiger partial charge in [0, 0.05) is 9.75 Å². The molecule has 0 aliphatic carbocycles. The van der Waals surface area contributed by atoms with E-state index in [9.17, 15) is 15.0 Å². The van der Waals surface area contributed by atoms with Gasteiger partial charge in [-0.3, -0.25) is 0 Å². The molecule has 1 aromatic carbocycles. The Morgan fingerprint density at radius 3 is 2.55 bits per heavy atom. The molecule has 0 saturated carbocycles. The topological polar surface area (TPSA) is 66.8 Å². The zero-order valence-corrected chi connectivity index (χ0v) is 11.8. The monoisotopic (exact) mass is 292 g/mol. The average molecular weight is 292 g/mol. The van der Waals surface area contributed by atoms with E-state index in [1.54, 1.807) is 13.0 Å². The average Bonchev–Trinajstić information content (AvgIpc) is 2.96. The fourth-order valence-electron chi connectivity index (χ4n) is 1.78. The first-order valence-corrected chi connectivity index (χ1v) is 7.13. The Labute approximate surface area is 121 Å². The zero-order chi connectivity index (χ0) is 14.5. The maximum atomic E-state index is 11.4. The van der Waals surface area contributed by atoms with Gasteiger partial charge in [-0.2, -0.15) is 0 Å². The Balaban J connectivity index is 2.14. The fourth-order valence-corrected chi connectivity index (χ4v) is 2.81. The minimum absolute atomic E-state index is 0.169. The van der Waals surface area contributed by atoms with Gasteiger partial charge in [-0.05, 0) is 24.6 Å². The number of aliphatic hydroxyl groups excluding tert-OH is 2. The lowest BCUT2D eigenvalue weighted by molar-refractivity contribution is -0.159. The molecule has 2 atom stereocenters. The summed E-state index contributed by atoms with van der Waals surface area (Å²) in [6.07, 6.45) is -2.83. The van der Waals surface area contributed by atoms with Crippen LogP contribution in [0.15, 0.2) is 42.5 Å². The lowest BCUT2D eigenvalue weighted by Gasteiger charge is -2.14. The smallest absolute Gasteiger partial charge is 0.338 e. The van der Waals surface area contributed by atoms with E-state index in [4.69, 9.17) is 4.74 Å². The summed E-state index contributed by atoms with van der Waals surface area (Å²) in [5.74, 6) is -0.810. The number of aliphatic hydroxyl groups is 2. The summed E-state index contributed by atoms with van der Waals surface area (Å²) >= 11 is 1.34. The number of esters is 1. The first-order valence-electron chi connectivity index (χ1n) is 6.31. The Hall–Kier alpha value is -1.69. The first kappa shape index (κ1) is 14.7. The number of thiophene rings is 1. The Morgan fingerprint density at radius 2 is 1.90 bits per heavy atom. The van der Waals surface area contributed by atoms with Crippen LogP contribution in [0.3, 0.4) is 0 Å². The second kappa shape index (κ2) is 6.65. The van der Waals surface area contributed by atoms with Gasteiger partial charge < -0.3 is 14.9 Å². The van der Waals surface area contributed by atoms with Gasteiger partial charge in [-0.15, -0.1) is 11.3 Å². The first-order chi connectivity index (χ1) is 9.63. The van der Waals surface area contributed by atoms with Crippen LogP contribution in [0, 0.1) is 0 Å². The SMILES string of the molecule is CCOC(=O)[C@H](O)[C@@H](O)c1ccc(-c2ccccc2)s1. The molecule has 0 aliphatic rings. The zero-order valence-electron chi connectivity index (χ0n) is 11.0. The highest BCUT2D eigenvalue weighted by Crippen LogP contribution is 2.32. The molecule has 4 nitrogen and oxygen atoms in total. The van der Waals surface area contributed by atoms with Gasteiger partial charge in [0.05, 0.1) is 6.61 Å². The molecule has 0 spiro atoms. The molecule has 0 saturated heterocycles. The van der Waals surface area contributed by atoms with Crippen molar-refractivity contribution in [2.45, 2.75) is 19.1 Å². The summed E-state index contributed by atoms with van der Waals surface area (Å²) in [6.45, 7) is 1.82. The molecule has 20 heavy (non-hydrogen) atoms. The summed E-state index contributed by atoms with van der Waals surface area (Å²) in [6, 6.07) is 13.3. The van der Waals surface area contributed by atoms with Gasteiger partial charge in [0.25, 0.3) is 0 Å². The van der Waals surface area contributed by atoms with Crippen LogP contribution in [-0.2, 0) is 9.53 Å². The molecule has 2 N–H and O–H groups in total. The second-order valence-electron chi connectivity index (χ2n) is 4.21. The molecule has 0 aliphatic heterocycles. The van der Waals surface area contributed by atoms with E-state index >= 15 is 0 Å². The fraction of sp³-hybridized carbons (Fsp3) is 0.267. The van der Waals surface area contributed by atoms with E-state index in [1.807, 2.05) is 36.4 Å². The van der Waals surface area contributed by atoms with Crippen molar-refractivity contribution in [3.63, 3.8) is 0 Å². The van der Waals surface area contributed by atoms with E-state index in [0.29, 0.717) is 4.88 Å². The number of carbonyl (C=O) groups excluding carboxylic acids is 1. The van der Waals surface area contributed by atoms with Gasteiger partial charge in [0.15, 0.2) is 6.10 Å². The van der Waals surface area contributed by atoms with Crippen LogP contribution >= 0.6 is 11.3 Å². The second-order valence-corrected chi connectivity index (χ2v) is 5.33. The van der Waals surface area contributed by atoms with Crippen LogP contribution in [-0.4, -0.2) is 28.9 Å². The number of hydrogen-bond donors (Lipinski definition) is 2. The van der Waals surface area contributed by atoms with Crippen LogP contribution in [0.5, 0.6) is 0 Å². The molecular formula is C15H16O4S. The third-order valence-corrected chi connectivity index (χ3v) is 4.01. The van der Waals surface area contributed by atoms with Crippen molar-refractivity contribution in [3.8, 4) is 10.4 Å². The molecule has 1 aromatic heterocycles. The summed E-state index contributed by atoms with van der Waals surface area (Å²) in [5.41, 5.74) is 1.03. The largest absolute Gasteiger partial charge is 0.464 e. The van der Waals surface area contributed by atoms with E-state index in [0.717, 1.165) is 10.4 Å².